The molecule has 0 saturated heterocycles. The van der Waals surface area contributed by atoms with Crippen LogP contribution in [0.15, 0.2) is 71.6 Å². The van der Waals surface area contributed by atoms with Crippen LogP contribution in [0.5, 0.6) is 0 Å². The van der Waals surface area contributed by atoms with Gasteiger partial charge in [-0.1, -0.05) is 42.0 Å². The normalized spacial score (nSPS) is 12.8. The van der Waals surface area contributed by atoms with Crippen LogP contribution < -0.4 is 9.62 Å². The number of carbonyl (C=O) groups is 1. The van der Waals surface area contributed by atoms with E-state index in [9.17, 15) is 26.4 Å². The second-order valence-electron chi connectivity index (χ2n) is 8.51. The van der Waals surface area contributed by atoms with Crippen molar-refractivity contribution in [2.45, 2.75) is 44.8 Å². The van der Waals surface area contributed by atoms with Gasteiger partial charge in [0.1, 0.15) is 6.54 Å². The third kappa shape index (κ3) is 6.22. The second kappa shape index (κ2) is 10.1. The summed E-state index contributed by atoms with van der Waals surface area (Å²) in [5, 5.41) is 2.75. The number of carbonyl (C=O) groups excluding carboxylic acids is 1. The van der Waals surface area contributed by atoms with E-state index in [2.05, 4.69) is 5.32 Å². The topological polar surface area (TPSA) is 66.5 Å². The summed E-state index contributed by atoms with van der Waals surface area (Å²) in [5.41, 5.74) is 2.50. The van der Waals surface area contributed by atoms with Gasteiger partial charge in [-0.05, 0) is 74.7 Å². The summed E-state index contributed by atoms with van der Waals surface area (Å²) in [6.07, 6.45) is -4.67. The van der Waals surface area contributed by atoms with Gasteiger partial charge in [-0.15, -0.1) is 0 Å². The maximum Gasteiger partial charge on any atom is 0.416 e. The van der Waals surface area contributed by atoms with Crippen molar-refractivity contribution >= 4 is 21.6 Å². The molecule has 9 heteroatoms. The van der Waals surface area contributed by atoms with Gasteiger partial charge in [-0.25, -0.2) is 8.42 Å². The van der Waals surface area contributed by atoms with Crippen LogP contribution in [-0.4, -0.2) is 20.9 Å². The molecule has 1 N–H and O–H groups in total. The number of rotatable bonds is 7. The number of alkyl halides is 3. The smallest absolute Gasteiger partial charge is 0.348 e. The largest absolute Gasteiger partial charge is 0.416 e. The van der Waals surface area contributed by atoms with Gasteiger partial charge in [0.25, 0.3) is 10.0 Å². The third-order valence-electron chi connectivity index (χ3n) is 5.77. The van der Waals surface area contributed by atoms with Gasteiger partial charge in [0.15, 0.2) is 0 Å². The molecule has 1 amide bonds. The highest BCUT2D eigenvalue weighted by atomic mass is 32.2. The molecule has 3 rings (SSSR count). The van der Waals surface area contributed by atoms with Gasteiger partial charge in [-0.2, -0.15) is 13.2 Å². The molecular weight excluding hydrogens is 477 g/mol. The average Bonchev–Trinajstić information content (AvgIpc) is 2.79. The first kappa shape index (κ1) is 26.3. The van der Waals surface area contributed by atoms with Gasteiger partial charge in [0.05, 0.1) is 22.2 Å². The van der Waals surface area contributed by atoms with Gasteiger partial charge >= 0.3 is 6.18 Å². The van der Waals surface area contributed by atoms with Crippen molar-refractivity contribution < 1.29 is 26.4 Å². The zero-order valence-corrected chi connectivity index (χ0v) is 20.7. The van der Waals surface area contributed by atoms with Gasteiger partial charge in [0, 0.05) is 0 Å². The lowest BCUT2D eigenvalue weighted by Crippen LogP contribution is -2.41. The Balaban J connectivity index is 1.96. The Hall–Kier alpha value is -3.33. The number of anilines is 1. The third-order valence-corrected chi connectivity index (χ3v) is 7.55. The van der Waals surface area contributed by atoms with Gasteiger partial charge < -0.3 is 5.32 Å². The predicted octanol–water partition coefficient (Wildman–Crippen LogP) is 5.70. The Labute approximate surface area is 203 Å². The standard InChI is InChI=1S/C26H27F3N2O3S/c1-17-8-12-24(13-9-17)35(33,34)31(23-7-5-6-22(15-23)26(27,28)29)16-25(32)30-20(4)21-11-10-18(2)19(3)14-21/h5-15,20H,16H2,1-4H3,(H,30,32). The summed E-state index contributed by atoms with van der Waals surface area (Å²) in [4.78, 5) is 12.8. The highest BCUT2D eigenvalue weighted by Crippen LogP contribution is 2.33. The molecule has 0 heterocycles. The number of nitrogens with one attached hydrogen (secondary N) is 1. The van der Waals surface area contributed by atoms with Crippen LogP contribution in [0.3, 0.4) is 0 Å². The molecule has 0 aromatic heterocycles. The summed E-state index contributed by atoms with van der Waals surface area (Å²) in [7, 11) is -4.34. The van der Waals surface area contributed by atoms with E-state index < -0.39 is 40.3 Å². The Morgan fingerprint density at radius 1 is 0.943 bits per heavy atom. The first-order valence-electron chi connectivity index (χ1n) is 10.9. The van der Waals surface area contributed by atoms with Crippen molar-refractivity contribution in [2.75, 3.05) is 10.8 Å². The molecule has 1 unspecified atom stereocenters. The SMILES string of the molecule is Cc1ccc(S(=O)(=O)N(CC(=O)NC(C)c2ccc(C)c(C)c2)c2cccc(C(F)(F)F)c2)cc1. The zero-order chi connectivity index (χ0) is 26.0. The maximum absolute atomic E-state index is 13.4. The van der Waals surface area contributed by atoms with E-state index in [1.807, 2.05) is 32.0 Å². The number of benzene rings is 3. The number of aryl methyl sites for hydroxylation is 3. The van der Waals surface area contributed by atoms with E-state index in [4.69, 9.17) is 0 Å². The van der Waals surface area contributed by atoms with Crippen LogP contribution in [0.25, 0.3) is 0 Å². The first-order valence-corrected chi connectivity index (χ1v) is 12.4. The summed E-state index contributed by atoms with van der Waals surface area (Å²) >= 11 is 0. The number of amides is 1. The quantitative estimate of drug-likeness (QED) is 0.449. The minimum Gasteiger partial charge on any atom is -0.348 e. The number of sulfonamides is 1. The first-order chi connectivity index (χ1) is 16.3. The minimum absolute atomic E-state index is 0.129. The Morgan fingerprint density at radius 2 is 1.60 bits per heavy atom. The minimum atomic E-state index is -4.67. The molecule has 0 aliphatic rings. The van der Waals surface area contributed by atoms with Crippen molar-refractivity contribution in [3.05, 3.63) is 94.5 Å². The summed E-state index contributed by atoms with van der Waals surface area (Å²) in [6, 6.07) is 15.1. The van der Waals surface area contributed by atoms with E-state index in [1.165, 1.54) is 18.2 Å². The number of nitrogens with zero attached hydrogens (tertiary/aromatic N) is 1. The molecule has 3 aromatic rings. The molecule has 0 fully saturated rings. The van der Waals surface area contributed by atoms with E-state index in [0.29, 0.717) is 4.31 Å². The number of hydrogen-bond donors (Lipinski definition) is 1. The summed E-state index contributed by atoms with van der Waals surface area (Å²) in [5.74, 6) is -0.649. The molecule has 186 valence electrons. The van der Waals surface area contributed by atoms with Crippen molar-refractivity contribution in [2.24, 2.45) is 0 Å². The lowest BCUT2D eigenvalue weighted by Gasteiger charge is -2.26. The lowest BCUT2D eigenvalue weighted by molar-refractivity contribution is -0.137. The molecule has 3 aromatic carbocycles. The Kier molecular flexibility index (Phi) is 7.59. The highest BCUT2D eigenvalue weighted by Gasteiger charge is 2.33. The Bertz CT molecular complexity index is 1320. The van der Waals surface area contributed by atoms with Gasteiger partial charge in [0.2, 0.25) is 5.91 Å². The fourth-order valence-electron chi connectivity index (χ4n) is 3.52. The predicted molar refractivity (Wildman–Crippen MR) is 130 cm³/mol. The molecule has 35 heavy (non-hydrogen) atoms. The van der Waals surface area contributed by atoms with E-state index in [0.717, 1.165) is 40.5 Å². The fourth-order valence-corrected chi connectivity index (χ4v) is 4.94. The fraction of sp³-hybridized carbons (Fsp3) is 0.269. The van der Waals surface area contributed by atoms with Crippen molar-refractivity contribution in [1.29, 1.82) is 0 Å². The van der Waals surface area contributed by atoms with Crippen LogP contribution in [0.4, 0.5) is 18.9 Å². The number of hydrogen-bond acceptors (Lipinski definition) is 3. The van der Waals surface area contributed by atoms with E-state index in [1.54, 1.807) is 26.0 Å². The monoisotopic (exact) mass is 504 g/mol. The van der Waals surface area contributed by atoms with Crippen LogP contribution >= 0.6 is 0 Å². The molecular formula is C26H27F3N2O3S. The molecule has 0 aliphatic heterocycles. The van der Waals surface area contributed by atoms with E-state index >= 15 is 0 Å². The molecule has 0 aliphatic carbocycles. The summed E-state index contributed by atoms with van der Waals surface area (Å²) < 4.78 is 67.6. The molecule has 5 nitrogen and oxygen atoms in total. The van der Waals surface area contributed by atoms with Crippen LogP contribution in [0.1, 0.15) is 40.8 Å². The Morgan fingerprint density at radius 3 is 2.20 bits per heavy atom. The van der Waals surface area contributed by atoms with Crippen molar-refractivity contribution in [3.8, 4) is 0 Å². The maximum atomic E-state index is 13.4. The average molecular weight is 505 g/mol. The molecule has 0 radical (unpaired) electrons. The highest BCUT2D eigenvalue weighted by molar-refractivity contribution is 7.92. The molecule has 1 atom stereocenters. The van der Waals surface area contributed by atoms with Gasteiger partial charge in [-0.3, -0.25) is 9.10 Å². The molecule has 0 bridgehead atoms. The van der Waals surface area contributed by atoms with E-state index in [-0.39, 0.29) is 10.6 Å². The molecule has 0 saturated carbocycles. The lowest BCUT2D eigenvalue weighted by atomic mass is 10.0. The van der Waals surface area contributed by atoms with Crippen molar-refractivity contribution in [1.82, 2.24) is 5.32 Å². The van der Waals surface area contributed by atoms with Crippen LogP contribution in [0, 0.1) is 20.8 Å². The number of halogens is 3. The zero-order valence-electron chi connectivity index (χ0n) is 19.8. The van der Waals surface area contributed by atoms with Crippen molar-refractivity contribution in [3.63, 3.8) is 0 Å². The summed E-state index contributed by atoms with van der Waals surface area (Å²) in [6.45, 7) is 6.75. The second-order valence-corrected chi connectivity index (χ2v) is 10.4. The van der Waals surface area contributed by atoms with Crippen LogP contribution in [0.2, 0.25) is 0 Å². The molecule has 0 spiro atoms. The van der Waals surface area contributed by atoms with Crippen LogP contribution in [-0.2, 0) is 21.0 Å².